The number of aliphatic carboxylic acids is 1. The molecular weight excluding hydrogens is 270 g/mol. The molecule has 1 saturated heterocycles. The van der Waals surface area contributed by atoms with E-state index in [9.17, 15) is 9.59 Å². The number of nitrogens with one attached hydrogen (secondary N) is 1. The zero-order chi connectivity index (χ0) is 16.2. The molecule has 6 heteroatoms. The average Bonchev–Trinajstić information content (AvgIpc) is 2.72. The number of likely N-dealkylation sites (tertiary alicyclic amines) is 1. The van der Waals surface area contributed by atoms with E-state index in [-0.39, 0.29) is 23.9 Å². The molecule has 0 aromatic rings. The Morgan fingerprint density at radius 2 is 2.05 bits per heavy atom. The van der Waals surface area contributed by atoms with Gasteiger partial charge in [0.15, 0.2) is 0 Å². The summed E-state index contributed by atoms with van der Waals surface area (Å²) >= 11 is 0. The quantitative estimate of drug-likeness (QED) is 0.806. The molecule has 0 aliphatic carbocycles. The van der Waals surface area contributed by atoms with Gasteiger partial charge in [-0.3, -0.25) is 4.79 Å². The van der Waals surface area contributed by atoms with Crippen molar-refractivity contribution in [2.24, 2.45) is 11.3 Å². The molecule has 0 aromatic heterocycles. The van der Waals surface area contributed by atoms with Crippen molar-refractivity contribution in [3.8, 4) is 0 Å². The van der Waals surface area contributed by atoms with Crippen LogP contribution in [0.15, 0.2) is 0 Å². The molecule has 1 aliphatic heterocycles. The van der Waals surface area contributed by atoms with Crippen LogP contribution in [-0.4, -0.2) is 66.7 Å². The van der Waals surface area contributed by atoms with Crippen LogP contribution < -0.4 is 5.32 Å². The first-order valence-corrected chi connectivity index (χ1v) is 7.51. The molecule has 1 heterocycles. The SMILES string of the molecule is CN1CCC(CN(C)C(=O)NC(CC(=O)O)C(C)(C)C)C1. The second-order valence-electron chi connectivity index (χ2n) is 7.26. The van der Waals surface area contributed by atoms with Crippen LogP contribution in [0.5, 0.6) is 0 Å². The van der Waals surface area contributed by atoms with Gasteiger partial charge in [-0.25, -0.2) is 4.79 Å². The lowest BCUT2D eigenvalue weighted by Gasteiger charge is -2.32. The molecule has 6 nitrogen and oxygen atoms in total. The molecule has 2 atom stereocenters. The average molecular weight is 299 g/mol. The third-order valence-electron chi connectivity index (χ3n) is 4.09. The lowest BCUT2D eigenvalue weighted by atomic mass is 9.85. The van der Waals surface area contributed by atoms with Crippen LogP contribution in [0.3, 0.4) is 0 Å². The van der Waals surface area contributed by atoms with Gasteiger partial charge in [0.1, 0.15) is 0 Å². The number of carboxylic acid groups (broad SMARTS) is 1. The summed E-state index contributed by atoms with van der Waals surface area (Å²) in [7, 11) is 3.86. The fourth-order valence-corrected chi connectivity index (χ4v) is 2.65. The van der Waals surface area contributed by atoms with Gasteiger partial charge in [-0.05, 0) is 31.3 Å². The van der Waals surface area contributed by atoms with Crippen LogP contribution in [0, 0.1) is 11.3 Å². The number of hydrogen-bond donors (Lipinski definition) is 2. The minimum atomic E-state index is -0.893. The number of amides is 2. The monoisotopic (exact) mass is 299 g/mol. The minimum Gasteiger partial charge on any atom is -0.481 e. The predicted molar refractivity (Wildman–Crippen MR) is 82.3 cm³/mol. The van der Waals surface area contributed by atoms with Gasteiger partial charge in [0, 0.05) is 26.2 Å². The summed E-state index contributed by atoms with van der Waals surface area (Å²) in [4.78, 5) is 27.1. The van der Waals surface area contributed by atoms with E-state index < -0.39 is 5.97 Å². The molecule has 2 N–H and O–H groups in total. The Hall–Kier alpha value is -1.30. The highest BCUT2D eigenvalue weighted by Gasteiger charge is 2.30. The summed E-state index contributed by atoms with van der Waals surface area (Å²) in [5, 5.41) is 11.9. The first-order chi connectivity index (χ1) is 9.59. The van der Waals surface area contributed by atoms with E-state index in [0.717, 1.165) is 19.5 Å². The predicted octanol–water partition coefficient (Wildman–Crippen LogP) is 1.47. The van der Waals surface area contributed by atoms with Crippen LogP contribution >= 0.6 is 0 Å². The van der Waals surface area contributed by atoms with Gasteiger partial charge in [-0.2, -0.15) is 0 Å². The number of carbonyl (C=O) groups excluding carboxylic acids is 1. The molecular formula is C15H29N3O3. The topological polar surface area (TPSA) is 72.9 Å². The van der Waals surface area contributed by atoms with Crippen LogP contribution in [0.4, 0.5) is 4.79 Å². The molecule has 1 aliphatic rings. The van der Waals surface area contributed by atoms with Crippen molar-refractivity contribution >= 4 is 12.0 Å². The van der Waals surface area contributed by atoms with Gasteiger partial charge in [0.25, 0.3) is 0 Å². The Bertz CT molecular complexity index is 379. The van der Waals surface area contributed by atoms with E-state index in [4.69, 9.17) is 5.11 Å². The second kappa shape index (κ2) is 7.11. The maximum atomic E-state index is 12.3. The maximum absolute atomic E-state index is 12.3. The van der Waals surface area contributed by atoms with E-state index in [1.807, 2.05) is 20.8 Å². The second-order valence-corrected chi connectivity index (χ2v) is 7.26. The van der Waals surface area contributed by atoms with Crippen molar-refractivity contribution in [2.45, 2.75) is 39.7 Å². The number of carbonyl (C=O) groups is 2. The number of nitrogens with zero attached hydrogens (tertiary/aromatic N) is 2. The van der Waals surface area contributed by atoms with Crippen LogP contribution in [0.2, 0.25) is 0 Å². The number of carboxylic acids is 1. The Labute approximate surface area is 127 Å². The van der Waals surface area contributed by atoms with E-state index in [0.29, 0.717) is 12.5 Å². The summed E-state index contributed by atoms with van der Waals surface area (Å²) < 4.78 is 0. The molecule has 0 aromatic carbocycles. The largest absolute Gasteiger partial charge is 0.481 e. The highest BCUT2D eigenvalue weighted by atomic mass is 16.4. The third kappa shape index (κ3) is 5.91. The Balaban J connectivity index is 2.53. The summed E-state index contributed by atoms with van der Waals surface area (Å²) in [5.41, 5.74) is -0.289. The van der Waals surface area contributed by atoms with E-state index in [2.05, 4.69) is 17.3 Å². The van der Waals surface area contributed by atoms with Crippen LogP contribution in [0.25, 0.3) is 0 Å². The fourth-order valence-electron chi connectivity index (χ4n) is 2.65. The van der Waals surface area contributed by atoms with Crippen LogP contribution in [-0.2, 0) is 4.79 Å². The zero-order valence-corrected chi connectivity index (χ0v) is 13.8. The molecule has 21 heavy (non-hydrogen) atoms. The van der Waals surface area contributed by atoms with Crippen molar-refractivity contribution in [2.75, 3.05) is 33.7 Å². The molecule has 1 rings (SSSR count). The van der Waals surface area contributed by atoms with Gasteiger partial charge < -0.3 is 20.2 Å². The molecule has 2 unspecified atom stereocenters. The zero-order valence-electron chi connectivity index (χ0n) is 13.8. The number of hydrogen-bond acceptors (Lipinski definition) is 3. The van der Waals surface area contributed by atoms with Crippen molar-refractivity contribution < 1.29 is 14.7 Å². The Morgan fingerprint density at radius 3 is 2.48 bits per heavy atom. The van der Waals surface area contributed by atoms with Gasteiger partial charge in [-0.15, -0.1) is 0 Å². The summed E-state index contributed by atoms with van der Waals surface area (Å²) in [6.07, 6.45) is 1.04. The molecule has 1 fully saturated rings. The van der Waals surface area contributed by atoms with Gasteiger partial charge in [-0.1, -0.05) is 20.8 Å². The van der Waals surface area contributed by atoms with Gasteiger partial charge in [0.2, 0.25) is 0 Å². The van der Waals surface area contributed by atoms with Crippen molar-refractivity contribution in [3.05, 3.63) is 0 Å². The van der Waals surface area contributed by atoms with Gasteiger partial charge >= 0.3 is 12.0 Å². The maximum Gasteiger partial charge on any atom is 0.317 e. The lowest BCUT2D eigenvalue weighted by Crippen LogP contribution is -2.50. The lowest BCUT2D eigenvalue weighted by molar-refractivity contribution is -0.138. The first kappa shape index (κ1) is 17.8. The molecule has 0 radical (unpaired) electrons. The number of rotatable bonds is 5. The molecule has 122 valence electrons. The molecule has 2 amide bonds. The highest BCUT2D eigenvalue weighted by Crippen LogP contribution is 2.22. The van der Waals surface area contributed by atoms with E-state index in [1.54, 1.807) is 11.9 Å². The minimum absolute atomic E-state index is 0.0603. The normalized spacial score (nSPS) is 21.1. The summed E-state index contributed by atoms with van der Waals surface area (Å²) in [6.45, 7) is 8.60. The standard InChI is InChI=1S/C15H29N3O3/c1-15(2,3)12(8-13(19)20)16-14(21)18(5)10-11-6-7-17(4)9-11/h11-12H,6-10H2,1-5H3,(H,16,21)(H,19,20). The smallest absolute Gasteiger partial charge is 0.317 e. The van der Waals surface area contributed by atoms with Crippen LogP contribution in [0.1, 0.15) is 33.6 Å². The van der Waals surface area contributed by atoms with E-state index in [1.165, 1.54) is 0 Å². The number of urea groups is 1. The fraction of sp³-hybridized carbons (Fsp3) is 0.867. The summed E-state index contributed by atoms with van der Waals surface area (Å²) in [6, 6.07) is -0.568. The first-order valence-electron chi connectivity index (χ1n) is 7.51. The third-order valence-corrected chi connectivity index (χ3v) is 4.09. The van der Waals surface area contributed by atoms with Crippen molar-refractivity contribution in [3.63, 3.8) is 0 Å². The Morgan fingerprint density at radius 1 is 1.43 bits per heavy atom. The van der Waals surface area contributed by atoms with Crippen molar-refractivity contribution in [1.82, 2.24) is 15.1 Å². The van der Waals surface area contributed by atoms with E-state index >= 15 is 0 Å². The molecule has 0 spiro atoms. The molecule has 0 bridgehead atoms. The van der Waals surface area contributed by atoms with Gasteiger partial charge in [0.05, 0.1) is 6.42 Å². The summed E-state index contributed by atoms with van der Waals surface area (Å²) in [5.74, 6) is -0.395. The van der Waals surface area contributed by atoms with Crippen molar-refractivity contribution in [1.29, 1.82) is 0 Å². The Kier molecular flexibility index (Phi) is 6.01. The molecule has 0 saturated carbocycles. The highest BCUT2D eigenvalue weighted by molar-refractivity contribution is 5.75.